The van der Waals surface area contributed by atoms with E-state index in [9.17, 15) is 9.59 Å². The standard InChI is InChI=1S/C21H25BrN2O4S/c1-27-17-12-15(13-18(28-2)19(17)22)21(26)24-9-6-14(7-10-24)20(25)23-8-5-16-4-3-11-29-16/h3-4,11-14H,5-10H2,1-2H3,(H,23,25). The quantitative estimate of drug-likeness (QED) is 0.655. The highest BCUT2D eigenvalue weighted by Crippen LogP contribution is 2.36. The number of carbonyl (C=O) groups excluding carboxylic acids is 2. The number of halogens is 1. The van der Waals surface area contributed by atoms with Crippen LogP contribution in [0.15, 0.2) is 34.1 Å². The van der Waals surface area contributed by atoms with Crippen molar-refractivity contribution in [1.82, 2.24) is 10.2 Å². The molecule has 29 heavy (non-hydrogen) atoms. The molecule has 0 bridgehead atoms. The molecule has 0 spiro atoms. The summed E-state index contributed by atoms with van der Waals surface area (Å²) in [5, 5.41) is 5.07. The number of hydrogen-bond donors (Lipinski definition) is 1. The first-order valence-electron chi connectivity index (χ1n) is 9.54. The summed E-state index contributed by atoms with van der Waals surface area (Å²) in [6.07, 6.45) is 2.19. The molecule has 2 amide bonds. The largest absolute Gasteiger partial charge is 0.495 e. The summed E-state index contributed by atoms with van der Waals surface area (Å²) in [7, 11) is 3.10. The summed E-state index contributed by atoms with van der Waals surface area (Å²) in [6.45, 7) is 1.77. The van der Waals surface area contributed by atoms with E-state index >= 15 is 0 Å². The Morgan fingerprint density at radius 1 is 1.21 bits per heavy atom. The van der Waals surface area contributed by atoms with E-state index in [1.807, 2.05) is 11.4 Å². The predicted octanol–water partition coefficient (Wildman–Crippen LogP) is 3.74. The van der Waals surface area contributed by atoms with Gasteiger partial charge in [-0.25, -0.2) is 0 Å². The molecule has 3 rings (SSSR count). The van der Waals surface area contributed by atoms with Crippen molar-refractivity contribution in [1.29, 1.82) is 0 Å². The monoisotopic (exact) mass is 480 g/mol. The fourth-order valence-corrected chi connectivity index (χ4v) is 4.69. The van der Waals surface area contributed by atoms with Gasteiger partial charge in [-0.15, -0.1) is 11.3 Å². The summed E-state index contributed by atoms with van der Waals surface area (Å²) < 4.78 is 11.3. The number of nitrogens with zero attached hydrogens (tertiary/aromatic N) is 1. The zero-order chi connectivity index (χ0) is 20.8. The van der Waals surface area contributed by atoms with Crippen LogP contribution in [0.2, 0.25) is 0 Å². The lowest BCUT2D eigenvalue weighted by molar-refractivity contribution is -0.126. The third-order valence-corrected chi connectivity index (χ3v) is 6.81. The summed E-state index contributed by atoms with van der Waals surface area (Å²) in [4.78, 5) is 28.4. The number of benzene rings is 1. The van der Waals surface area contributed by atoms with Crippen LogP contribution in [0.1, 0.15) is 28.1 Å². The molecule has 156 valence electrons. The van der Waals surface area contributed by atoms with Crippen molar-refractivity contribution < 1.29 is 19.1 Å². The lowest BCUT2D eigenvalue weighted by Crippen LogP contribution is -2.43. The zero-order valence-electron chi connectivity index (χ0n) is 16.6. The molecule has 2 heterocycles. The normalized spacial score (nSPS) is 14.5. The summed E-state index contributed by atoms with van der Waals surface area (Å²) in [5.74, 6) is 1.06. The minimum Gasteiger partial charge on any atom is -0.495 e. The molecular weight excluding hydrogens is 456 g/mol. The Bertz CT molecular complexity index is 823. The summed E-state index contributed by atoms with van der Waals surface area (Å²) in [5.41, 5.74) is 0.515. The molecule has 2 aromatic rings. The van der Waals surface area contributed by atoms with Crippen LogP contribution in [0.4, 0.5) is 0 Å². The van der Waals surface area contributed by atoms with Crippen LogP contribution in [-0.4, -0.2) is 50.6 Å². The van der Waals surface area contributed by atoms with Crippen molar-refractivity contribution in [2.75, 3.05) is 33.9 Å². The number of ether oxygens (including phenoxy) is 2. The van der Waals surface area contributed by atoms with Crippen molar-refractivity contribution in [3.05, 3.63) is 44.6 Å². The average molecular weight is 481 g/mol. The van der Waals surface area contributed by atoms with Crippen molar-refractivity contribution in [3.63, 3.8) is 0 Å². The van der Waals surface area contributed by atoms with E-state index in [4.69, 9.17) is 9.47 Å². The van der Waals surface area contributed by atoms with Crippen molar-refractivity contribution in [2.45, 2.75) is 19.3 Å². The maximum absolute atomic E-state index is 12.9. The molecule has 6 nitrogen and oxygen atoms in total. The van der Waals surface area contributed by atoms with Gasteiger partial charge in [0.2, 0.25) is 5.91 Å². The van der Waals surface area contributed by atoms with Crippen LogP contribution < -0.4 is 14.8 Å². The molecule has 0 radical (unpaired) electrons. The number of nitrogens with one attached hydrogen (secondary N) is 1. The zero-order valence-corrected chi connectivity index (χ0v) is 19.0. The fourth-order valence-electron chi connectivity index (χ4n) is 3.43. The van der Waals surface area contributed by atoms with Crippen LogP contribution >= 0.6 is 27.3 Å². The van der Waals surface area contributed by atoms with E-state index in [2.05, 4.69) is 27.3 Å². The molecule has 1 fully saturated rings. The minimum absolute atomic E-state index is 0.0450. The molecule has 8 heteroatoms. The van der Waals surface area contributed by atoms with Gasteiger partial charge < -0.3 is 19.7 Å². The van der Waals surface area contributed by atoms with Gasteiger partial charge in [-0.1, -0.05) is 6.07 Å². The van der Waals surface area contributed by atoms with Gasteiger partial charge in [0.1, 0.15) is 16.0 Å². The number of thiophene rings is 1. The Morgan fingerprint density at radius 2 is 1.86 bits per heavy atom. The molecule has 1 N–H and O–H groups in total. The second kappa shape index (κ2) is 10.1. The van der Waals surface area contributed by atoms with E-state index in [0.717, 1.165) is 6.42 Å². The first-order valence-corrected chi connectivity index (χ1v) is 11.2. The second-order valence-corrected chi connectivity index (χ2v) is 8.71. The average Bonchev–Trinajstić information content (AvgIpc) is 3.27. The molecule has 1 aromatic carbocycles. The Balaban J connectivity index is 1.53. The smallest absolute Gasteiger partial charge is 0.254 e. The predicted molar refractivity (Wildman–Crippen MR) is 117 cm³/mol. The number of likely N-dealkylation sites (tertiary alicyclic amines) is 1. The Hall–Kier alpha value is -2.06. The van der Waals surface area contributed by atoms with Gasteiger partial charge in [0.15, 0.2) is 0 Å². The second-order valence-electron chi connectivity index (χ2n) is 6.88. The van der Waals surface area contributed by atoms with Crippen LogP contribution in [0.3, 0.4) is 0 Å². The number of carbonyl (C=O) groups is 2. The van der Waals surface area contributed by atoms with E-state index in [0.29, 0.717) is 54.0 Å². The first-order chi connectivity index (χ1) is 14.0. The van der Waals surface area contributed by atoms with E-state index in [1.165, 1.54) is 4.88 Å². The molecule has 0 saturated carbocycles. The Labute approximate surface area is 183 Å². The summed E-state index contributed by atoms with van der Waals surface area (Å²) in [6, 6.07) is 7.51. The van der Waals surface area contributed by atoms with Crippen LogP contribution in [-0.2, 0) is 11.2 Å². The molecule has 1 aromatic heterocycles. The third-order valence-electron chi connectivity index (χ3n) is 5.10. The SMILES string of the molecule is COc1cc(C(=O)N2CCC(C(=O)NCCc3cccs3)CC2)cc(OC)c1Br. The molecule has 1 aliphatic heterocycles. The molecular formula is C21H25BrN2O4S. The maximum atomic E-state index is 12.9. The first kappa shape index (κ1) is 21.6. The highest BCUT2D eigenvalue weighted by Gasteiger charge is 2.28. The Morgan fingerprint density at radius 3 is 2.41 bits per heavy atom. The van der Waals surface area contributed by atoms with E-state index in [1.54, 1.807) is 42.6 Å². The Kier molecular flexibility index (Phi) is 7.55. The fraction of sp³-hybridized carbons (Fsp3) is 0.429. The minimum atomic E-state index is -0.0781. The van der Waals surface area contributed by atoms with E-state index < -0.39 is 0 Å². The van der Waals surface area contributed by atoms with Gasteiger partial charge in [0, 0.05) is 36.0 Å². The van der Waals surface area contributed by atoms with Crippen molar-refractivity contribution >= 4 is 39.1 Å². The molecule has 1 saturated heterocycles. The molecule has 1 aliphatic rings. The summed E-state index contributed by atoms with van der Waals surface area (Å²) >= 11 is 5.12. The number of piperidine rings is 1. The van der Waals surface area contributed by atoms with Gasteiger partial charge in [-0.05, 0) is 58.8 Å². The highest BCUT2D eigenvalue weighted by atomic mass is 79.9. The number of hydrogen-bond acceptors (Lipinski definition) is 5. The van der Waals surface area contributed by atoms with Gasteiger partial charge in [-0.2, -0.15) is 0 Å². The number of amides is 2. The molecule has 0 aliphatic carbocycles. The van der Waals surface area contributed by atoms with Crippen molar-refractivity contribution in [3.8, 4) is 11.5 Å². The lowest BCUT2D eigenvalue weighted by atomic mass is 9.95. The van der Waals surface area contributed by atoms with Gasteiger partial charge >= 0.3 is 0 Å². The number of rotatable bonds is 7. The third kappa shape index (κ3) is 5.30. The molecule has 0 atom stereocenters. The highest BCUT2D eigenvalue weighted by molar-refractivity contribution is 9.10. The van der Waals surface area contributed by atoms with Gasteiger partial charge in [0.05, 0.1) is 14.2 Å². The van der Waals surface area contributed by atoms with Crippen LogP contribution in [0.25, 0.3) is 0 Å². The van der Waals surface area contributed by atoms with Crippen LogP contribution in [0, 0.1) is 5.92 Å². The van der Waals surface area contributed by atoms with Gasteiger partial charge in [-0.3, -0.25) is 9.59 Å². The lowest BCUT2D eigenvalue weighted by Gasteiger charge is -2.31. The van der Waals surface area contributed by atoms with Crippen molar-refractivity contribution in [2.24, 2.45) is 5.92 Å². The molecule has 0 unspecified atom stereocenters. The van der Waals surface area contributed by atoms with Gasteiger partial charge in [0.25, 0.3) is 5.91 Å². The topological polar surface area (TPSA) is 67.9 Å². The number of methoxy groups -OCH3 is 2. The maximum Gasteiger partial charge on any atom is 0.254 e. The van der Waals surface area contributed by atoms with Crippen LogP contribution in [0.5, 0.6) is 11.5 Å². The van der Waals surface area contributed by atoms with E-state index in [-0.39, 0.29) is 17.7 Å².